The molecular formula is C15H24N2. The topological polar surface area (TPSA) is 29.3 Å². The van der Waals surface area contributed by atoms with E-state index in [0.717, 1.165) is 6.54 Å². The molecule has 0 bridgehead atoms. The highest BCUT2D eigenvalue weighted by molar-refractivity contribution is 5.14. The van der Waals surface area contributed by atoms with Gasteiger partial charge in [-0.2, -0.15) is 0 Å². The molecule has 2 unspecified atom stereocenters. The molecule has 0 amide bonds. The van der Waals surface area contributed by atoms with Crippen LogP contribution < -0.4 is 5.73 Å². The number of hydrogen-bond donors (Lipinski definition) is 1. The van der Waals surface area contributed by atoms with Crippen LogP contribution in [0, 0.1) is 5.92 Å². The number of piperidine rings is 1. The summed E-state index contributed by atoms with van der Waals surface area (Å²) in [5, 5.41) is 0. The van der Waals surface area contributed by atoms with Gasteiger partial charge in [-0.05, 0) is 43.8 Å². The van der Waals surface area contributed by atoms with Crippen LogP contribution in [0.15, 0.2) is 30.3 Å². The Hall–Kier alpha value is -0.860. The van der Waals surface area contributed by atoms with Crippen LogP contribution >= 0.6 is 0 Å². The van der Waals surface area contributed by atoms with Gasteiger partial charge in [-0.3, -0.25) is 0 Å². The molecule has 17 heavy (non-hydrogen) atoms. The zero-order valence-electron chi connectivity index (χ0n) is 10.8. The van der Waals surface area contributed by atoms with Gasteiger partial charge in [0.05, 0.1) is 0 Å². The number of nitrogens with zero attached hydrogens (tertiary/aromatic N) is 1. The summed E-state index contributed by atoms with van der Waals surface area (Å²) >= 11 is 0. The van der Waals surface area contributed by atoms with E-state index < -0.39 is 0 Å². The Kier molecular flexibility index (Phi) is 4.57. The van der Waals surface area contributed by atoms with Gasteiger partial charge in [0, 0.05) is 12.6 Å². The summed E-state index contributed by atoms with van der Waals surface area (Å²) in [6.07, 6.45) is 3.68. The third kappa shape index (κ3) is 3.83. The summed E-state index contributed by atoms with van der Waals surface area (Å²) in [5.41, 5.74) is 7.56. The second-order valence-electron chi connectivity index (χ2n) is 5.32. The molecule has 1 saturated heterocycles. The summed E-state index contributed by atoms with van der Waals surface area (Å²) in [7, 11) is 0. The van der Waals surface area contributed by atoms with Crippen LogP contribution in [0.2, 0.25) is 0 Å². The number of aryl methyl sites for hydroxylation is 1. The summed E-state index contributed by atoms with van der Waals surface area (Å²) in [4.78, 5) is 2.52. The third-order valence-electron chi connectivity index (χ3n) is 3.88. The minimum absolute atomic E-state index is 0.375. The minimum atomic E-state index is 0.375. The average molecular weight is 232 g/mol. The van der Waals surface area contributed by atoms with Crippen LogP contribution in [0.3, 0.4) is 0 Å². The van der Waals surface area contributed by atoms with Gasteiger partial charge in [0.2, 0.25) is 0 Å². The highest BCUT2D eigenvalue weighted by atomic mass is 15.1. The maximum Gasteiger partial charge on any atom is 0.0194 e. The highest BCUT2D eigenvalue weighted by Crippen LogP contribution is 2.15. The van der Waals surface area contributed by atoms with Crippen LogP contribution in [-0.2, 0) is 6.42 Å². The van der Waals surface area contributed by atoms with Crippen LogP contribution in [-0.4, -0.2) is 30.6 Å². The molecule has 1 heterocycles. The Morgan fingerprint density at radius 1 is 1.29 bits per heavy atom. The molecule has 1 aliphatic heterocycles. The number of benzene rings is 1. The van der Waals surface area contributed by atoms with E-state index in [2.05, 4.69) is 42.2 Å². The Balaban J connectivity index is 1.69. The molecule has 0 spiro atoms. The summed E-state index contributed by atoms with van der Waals surface area (Å²) in [6, 6.07) is 11.1. The molecule has 1 aromatic carbocycles. The third-order valence-corrected chi connectivity index (χ3v) is 3.88. The van der Waals surface area contributed by atoms with Crippen molar-refractivity contribution >= 4 is 0 Å². The van der Waals surface area contributed by atoms with Crippen molar-refractivity contribution in [1.29, 1.82) is 0 Å². The monoisotopic (exact) mass is 232 g/mol. The molecule has 0 aliphatic carbocycles. The van der Waals surface area contributed by atoms with E-state index in [4.69, 9.17) is 5.73 Å². The van der Waals surface area contributed by atoms with Crippen LogP contribution in [0.4, 0.5) is 0 Å². The fourth-order valence-corrected chi connectivity index (χ4v) is 2.52. The molecule has 1 aliphatic rings. The summed E-state index contributed by atoms with van der Waals surface area (Å²) in [5.74, 6) is 0.695. The van der Waals surface area contributed by atoms with Crippen LogP contribution in [0.5, 0.6) is 0 Å². The molecule has 0 saturated carbocycles. The van der Waals surface area contributed by atoms with E-state index >= 15 is 0 Å². The molecule has 1 fully saturated rings. The molecule has 1 aromatic rings. The summed E-state index contributed by atoms with van der Waals surface area (Å²) in [6.45, 7) is 5.76. The lowest BCUT2D eigenvalue weighted by Crippen LogP contribution is -2.47. The zero-order valence-corrected chi connectivity index (χ0v) is 10.8. The van der Waals surface area contributed by atoms with E-state index in [1.807, 2.05) is 0 Å². The minimum Gasteiger partial charge on any atom is -0.326 e. The largest absolute Gasteiger partial charge is 0.326 e. The first-order chi connectivity index (χ1) is 8.25. The molecule has 94 valence electrons. The molecule has 2 rings (SSSR count). The van der Waals surface area contributed by atoms with Crippen LogP contribution in [0.1, 0.15) is 25.3 Å². The zero-order chi connectivity index (χ0) is 12.1. The maximum atomic E-state index is 6.11. The van der Waals surface area contributed by atoms with Crippen molar-refractivity contribution in [2.45, 2.75) is 32.2 Å². The normalized spacial score (nSPS) is 26.0. The van der Waals surface area contributed by atoms with Gasteiger partial charge in [-0.25, -0.2) is 0 Å². The molecule has 2 nitrogen and oxygen atoms in total. The van der Waals surface area contributed by atoms with Gasteiger partial charge in [-0.1, -0.05) is 37.3 Å². The first-order valence-corrected chi connectivity index (χ1v) is 6.77. The molecule has 2 atom stereocenters. The molecule has 0 aromatic heterocycles. The van der Waals surface area contributed by atoms with Crippen molar-refractivity contribution in [1.82, 2.24) is 4.90 Å². The van der Waals surface area contributed by atoms with E-state index in [1.54, 1.807) is 0 Å². The van der Waals surface area contributed by atoms with Gasteiger partial charge in [0.1, 0.15) is 0 Å². The van der Waals surface area contributed by atoms with Crippen molar-refractivity contribution < 1.29 is 0 Å². The highest BCUT2D eigenvalue weighted by Gasteiger charge is 2.22. The Morgan fingerprint density at radius 2 is 2.06 bits per heavy atom. The fourth-order valence-electron chi connectivity index (χ4n) is 2.52. The second-order valence-corrected chi connectivity index (χ2v) is 5.32. The Bertz CT molecular complexity index is 323. The number of hydrogen-bond acceptors (Lipinski definition) is 2. The quantitative estimate of drug-likeness (QED) is 0.863. The summed E-state index contributed by atoms with van der Waals surface area (Å²) < 4.78 is 0. The first kappa shape index (κ1) is 12.6. The Labute approximate surface area is 105 Å². The Morgan fingerprint density at radius 3 is 2.76 bits per heavy atom. The van der Waals surface area contributed by atoms with Crippen molar-refractivity contribution in [3.05, 3.63) is 35.9 Å². The number of likely N-dealkylation sites (tertiary alicyclic amines) is 1. The second kappa shape index (κ2) is 6.18. The van der Waals surface area contributed by atoms with Gasteiger partial charge in [0.25, 0.3) is 0 Å². The number of rotatable bonds is 4. The lowest BCUT2D eigenvalue weighted by molar-refractivity contribution is 0.167. The van der Waals surface area contributed by atoms with E-state index in [-0.39, 0.29) is 0 Å². The van der Waals surface area contributed by atoms with E-state index in [9.17, 15) is 0 Å². The smallest absolute Gasteiger partial charge is 0.0194 e. The molecule has 2 heteroatoms. The maximum absolute atomic E-state index is 6.11. The molecule has 0 radical (unpaired) electrons. The fraction of sp³-hybridized carbons (Fsp3) is 0.600. The lowest BCUT2D eigenvalue weighted by atomic mass is 9.94. The first-order valence-electron chi connectivity index (χ1n) is 6.77. The predicted octanol–water partition coefficient (Wildman–Crippen LogP) is 2.29. The van der Waals surface area contributed by atoms with E-state index in [0.29, 0.717) is 12.0 Å². The average Bonchev–Trinajstić information content (AvgIpc) is 2.35. The van der Waals surface area contributed by atoms with Crippen molar-refractivity contribution in [3.8, 4) is 0 Å². The SMILES string of the molecule is CC1CCN(CCCc2ccccc2)CC1N. The van der Waals surface area contributed by atoms with E-state index in [1.165, 1.54) is 37.9 Å². The van der Waals surface area contributed by atoms with Crippen molar-refractivity contribution in [3.63, 3.8) is 0 Å². The molecular weight excluding hydrogens is 208 g/mol. The van der Waals surface area contributed by atoms with Gasteiger partial charge in [0.15, 0.2) is 0 Å². The van der Waals surface area contributed by atoms with Gasteiger partial charge >= 0.3 is 0 Å². The number of nitrogens with two attached hydrogens (primary N) is 1. The molecule has 2 N–H and O–H groups in total. The standard InChI is InChI=1S/C15H24N2/c1-13-9-11-17(12-15(13)16)10-5-8-14-6-3-2-4-7-14/h2-4,6-7,13,15H,5,8-12,16H2,1H3. The lowest BCUT2D eigenvalue weighted by Gasteiger charge is -2.35. The van der Waals surface area contributed by atoms with Gasteiger partial charge in [-0.15, -0.1) is 0 Å². The van der Waals surface area contributed by atoms with Crippen molar-refractivity contribution in [2.75, 3.05) is 19.6 Å². The van der Waals surface area contributed by atoms with Crippen LogP contribution in [0.25, 0.3) is 0 Å². The van der Waals surface area contributed by atoms with Gasteiger partial charge < -0.3 is 10.6 Å². The predicted molar refractivity (Wildman–Crippen MR) is 73.0 cm³/mol. The van der Waals surface area contributed by atoms with Crippen molar-refractivity contribution in [2.24, 2.45) is 11.7 Å².